The second-order valence-electron chi connectivity index (χ2n) is 9.25. The summed E-state index contributed by atoms with van der Waals surface area (Å²) < 4.78 is 4.87. The highest BCUT2D eigenvalue weighted by atomic mass is 31.2. The summed E-state index contributed by atoms with van der Waals surface area (Å²) in [4.78, 5) is 65.0. The van der Waals surface area contributed by atoms with E-state index in [-0.39, 0.29) is 36.3 Å². The van der Waals surface area contributed by atoms with Crippen LogP contribution in [-0.4, -0.2) is 46.0 Å². The van der Waals surface area contributed by atoms with Gasteiger partial charge in [0.15, 0.2) is 0 Å². The zero-order valence-electron chi connectivity index (χ0n) is 24.7. The lowest BCUT2D eigenvalue weighted by molar-refractivity contribution is -0.132. The molecule has 0 aliphatic heterocycles. The summed E-state index contributed by atoms with van der Waals surface area (Å²) in [5.74, 6) is -0.897. The predicted octanol–water partition coefficient (Wildman–Crippen LogP) is 3.58. The number of allylic oxidation sites excluding steroid dienone is 1. The fourth-order valence-electron chi connectivity index (χ4n) is 3.27. The molecule has 0 aliphatic carbocycles. The Bertz CT molecular complexity index is 882. The van der Waals surface area contributed by atoms with Gasteiger partial charge in [-0.05, 0) is 37.0 Å². The Morgan fingerprint density at radius 2 is 1.60 bits per heavy atom. The van der Waals surface area contributed by atoms with Gasteiger partial charge in [0, 0.05) is 18.5 Å². The van der Waals surface area contributed by atoms with Crippen molar-refractivity contribution in [2.45, 2.75) is 98.6 Å². The predicted molar refractivity (Wildman–Crippen MR) is 159 cm³/mol. The molecule has 1 aromatic rings. The minimum absolute atomic E-state index is 0.132. The molecule has 3 unspecified atom stereocenters. The van der Waals surface area contributed by atoms with Crippen molar-refractivity contribution in [3.8, 4) is 5.75 Å². The highest BCUT2D eigenvalue weighted by Crippen LogP contribution is 2.28. The molecule has 0 saturated heterocycles. The van der Waals surface area contributed by atoms with Crippen molar-refractivity contribution in [1.82, 2.24) is 16.0 Å². The molecule has 0 saturated carbocycles. The van der Waals surface area contributed by atoms with Crippen LogP contribution in [0, 0.1) is 5.92 Å². The monoisotopic (exact) mass is 584 g/mol. The van der Waals surface area contributed by atoms with E-state index >= 15 is 0 Å². The van der Waals surface area contributed by atoms with E-state index in [1.807, 2.05) is 20.8 Å². The SMILES string of the molecule is C=C(C)NC(=O)C(NC(=O)C(Cc1ccc(OP(O)O)cc1)NC(=O)CCCCC)C(C)CC.CCC.NC=O. The van der Waals surface area contributed by atoms with Gasteiger partial charge in [-0.2, -0.15) is 0 Å². The highest BCUT2D eigenvalue weighted by molar-refractivity contribution is 7.39. The van der Waals surface area contributed by atoms with E-state index in [1.54, 1.807) is 31.2 Å². The molecule has 1 rings (SSSR count). The normalized spacial score (nSPS) is 12.2. The minimum atomic E-state index is -2.53. The Morgan fingerprint density at radius 3 is 2.05 bits per heavy atom. The molecule has 0 bridgehead atoms. The summed E-state index contributed by atoms with van der Waals surface area (Å²) in [7, 11) is -2.53. The van der Waals surface area contributed by atoms with Crippen LogP contribution in [-0.2, 0) is 25.6 Å². The van der Waals surface area contributed by atoms with Gasteiger partial charge < -0.3 is 36.0 Å². The van der Waals surface area contributed by atoms with Crippen LogP contribution in [0.5, 0.6) is 5.75 Å². The van der Waals surface area contributed by atoms with Gasteiger partial charge in [0.1, 0.15) is 17.8 Å². The Balaban J connectivity index is 0. The van der Waals surface area contributed by atoms with Gasteiger partial charge in [0.05, 0.1) is 0 Å². The van der Waals surface area contributed by atoms with Crippen LogP contribution >= 0.6 is 8.60 Å². The summed E-state index contributed by atoms with van der Waals surface area (Å²) in [5.41, 5.74) is 5.37. The topological polar surface area (TPSA) is 180 Å². The molecule has 228 valence electrons. The van der Waals surface area contributed by atoms with Crippen LogP contribution in [0.4, 0.5) is 0 Å². The number of hydrogen-bond donors (Lipinski definition) is 6. The number of carbonyl (C=O) groups excluding carboxylic acids is 4. The Hall–Kier alpha value is -3.01. The number of carbonyl (C=O) groups is 4. The van der Waals surface area contributed by atoms with E-state index in [4.69, 9.17) is 19.1 Å². The molecule has 12 heteroatoms. The maximum Gasteiger partial charge on any atom is 0.391 e. The summed E-state index contributed by atoms with van der Waals surface area (Å²) in [6.45, 7) is 15.5. The van der Waals surface area contributed by atoms with Crippen LogP contribution in [0.25, 0.3) is 0 Å². The average molecular weight is 585 g/mol. The standard InChI is InChI=1S/C24H38N3O6P.C3H8.CH3NO/c1-6-8-9-10-21(28)26-20(15-18-11-13-19(14-12-18)33-34(31)32)23(29)27-22(17(5)7-2)24(30)25-16(3)4;1-3-2;2-1-3/h11-14,17,20,22,31-32H,3,6-10,15H2,1-2,4-5H3,(H,25,30)(H,26,28)(H,27,29);3H2,1-2H3;1H,(H2,2,3). The quantitative estimate of drug-likeness (QED) is 0.104. The molecular weight excluding hydrogens is 535 g/mol. The molecule has 11 nitrogen and oxygen atoms in total. The highest BCUT2D eigenvalue weighted by Gasteiger charge is 2.30. The lowest BCUT2D eigenvalue weighted by Crippen LogP contribution is -2.56. The number of unbranched alkanes of at least 4 members (excludes halogenated alkanes) is 2. The van der Waals surface area contributed by atoms with Gasteiger partial charge in [-0.3, -0.25) is 19.2 Å². The molecule has 0 fully saturated rings. The molecule has 0 aromatic heterocycles. The van der Waals surface area contributed by atoms with Crippen molar-refractivity contribution >= 4 is 32.7 Å². The van der Waals surface area contributed by atoms with E-state index in [9.17, 15) is 14.4 Å². The summed E-state index contributed by atoms with van der Waals surface area (Å²) in [6.07, 6.45) is 5.29. The second kappa shape index (κ2) is 23.8. The van der Waals surface area contributed by atoms with Crippen LogP contribution in [0.2, 0.25) is 0 Å². The van der Waals surface area contributed by atoms with Crippen molar-refractivity contribution in [3.05, 3.63) is 42.1 Å². The largest absolute Gasteiger partial charge is 0.427 e. The molecule has 7 N–H and O–H groups in total. The van der Waals surface area contributed by atoms with Gasteiger partial charge in [-0.15, -0.1) is 0 Å². The molecule has 0 radical (unpaired) electrons. The van der Waals surface area contributed by atoms with Gasteiger partial charge in [-0.25, -0.2) is 0 Å². The molecule has 0 spiro atoms. The molecule has 0 aliphatic rings. The van der Waals surface area contributed by atoms with Gasteiger partial charge in [-0.1, -0.05) is 79.0 Å². The lowest BCUT2D eigenvalue weighted by Gasteiger charge is -2.26. The number of primary amides is 1. The van der Waals surface area contributed by atoms with Crippen LogP contribution in [0.15, 0.2) is 36.5 Å². The number of nitrogens with one attached hydrogen (secondary N) is 3. The van der Waals surface area contributed by atoms with Crippen LogP contribution in [0.1, 0.15) is 85.6 Å². The van der Waals surface area contributed by atoms with Crippen molar-refractivity contribution in [3.63, 3.8) is 0 Å². The third-order valence-corrected chi connectivity index (χ3v) is 5.71. The molecule has 4 amide bonds. The second-order valence-corrected chi connectivity index (χ2v) is 9.94. The van der Waals surface area contributed by atoms with Crippen molar-refractivity contribution < 1.29 is 33.5 Å². The third kappa shape index (κ3) is 19.1. The van der Waals surface area contributed by atoms with E-state index in [2.05, 4.69) is 42.1 Å². The van der Waals surface area contributed by atoms with E-state index in [0.29, 0.717) is 18.5 Å². The fraction of sp³-hybridized carbons (Fsp3) is 0.571. The summed E-state index contributed by atoms with van der Waals surface area (Å²) in [6, 6.07) is 4.79. The third-order valence-electron chi connectivity index (χ3n) is 5.34. The minimum Gasteiger partial charge on any atom is -0.427 e. The Morgan fingerprint density at radius 1 is 1.05 bits per heavy atom. The van der Waals surface area contributed by atoms with E-state index < -0.39 is 26.6 Å². The number of amides is 4. The van der Waals surface area contributed by atoms with Crippen LogP contribution in [0.3, 0.4) is 0 Å². The first-order chi connectivity index (χ1) is 18.9. The molecular formula is C28H49N4O7P. The van der Waals surface area contributed by atoms with Crippen molar-refractivity contribution in [2.75, 3.05) is 0 Å². The van der Waals surface area contributed by atoms with Gasteiger partial charge in [0.25, 0.3) is 0 Å². The zero-order valence-corrected chi connectivity index (χ0v) is 25.6. The number of rotatable bonds is 15. The average Bonchev–Trinajstić information content (AvgIpc) is 2.87. The van der Waals surface area contributed by atoms with E-state index in [0.717, 1.165) is 24.8 Å². The number of hydrogen-bond acceptors (Lipinski definition) is 7. The lowest BCUT2D eigenvalue weighted by atomic mass is 9.97. The van der Waals surface area contributed by atoms with Crippen molar-refractivity contribution in [2.24, 2.45) is 11.7 Å². The van der Waals surface area contributed by atoms with Crippen LogP contribution < -0.4 is 26.2 Å². The maximum absolute atomic E-state index is 13.2. The molecule has 0 heterocycles. The Labute approximate surface area is 240 Å². The Kier molecular flexibility index (Phi) is 23.3. The summed E-state index contributed by atoms with van der Waals surface area (Å²) >= 11 is 0. The van der Waals surface area contributed by atoms with Gasteiger partial charge >= 0.3 is 8.60 Å². The molecule has 1 aromatic carbocycles. The van der Waals surface area contributed by atoms with Crippen molar-refractivity contribution in [1.29, 1.82) is 0 Å². The van der Waals surface area contributed by atoms with E-state index in [1.165, 1.54) is 6.42 Å². The first kappa shape index (κ1) is 39.1. The zero-order chi connectivity index (χ0) is 31.1. The maximum atomic E-state index is 13.2. The fourth-order valence-corrected chi connectivity index (χ4v) is 3.58. The summed E-state index contributed by atoms with van der Waals surface area (Å²) in [5, 5.41) is 8.27. The smallest absolute Gasteiger partial charge is 0.391 e. The first-order valence-corrected chi connectivity index (χ1v) is 14.7. The first-order valence-electron chi connectivity index (χ1n) is 13.6. The molecule has 40 heavy (non-hydrogen) atoms. The number of nitrogens with two attached hydrogens (primary N) is 1. The van der Waals surface area contributed by atoms with Gasteiger partial charge in [0.2, 0.25) is 24.1 Å². The molecule has 3 atom stereocenters. The number of benzene rings is 1.